The van der Waals surface area contributed by atoms with Gasteiger partial charge in [0.05, 0.1) is 7.11 Å². The van der Waals surface area contributed by atoms with Gasteiger partial charge in [0.15, 0.2) is 0 Å². The van der Waals surface area contributed by atoms with Gasteiger partial charge in [-0.05, 0) is 16.7 Å². The number of carbonyl (C=O) groups excluding carboxylic acids is 1. The Balaban J connectivity index is 2.47. The smallest absolute Gasteiger partial charge is 0.327 e. The summed E-state index contributed by atoms with van der Waals surface area (Å²) in [6.07, 6.45) is 0. The predicted molar refractivity (Wildman–Crippen MR) is 70.8 cm³/mol. The lowest BCUT2D eigenvalue weighted by Crippen LogP contribution is -2.23. The first kappa shape index (κ1) is 12.3. The maximum Gasteiger partial charge on any atom is 0.327 e. The zero-order valence-corrected chi connectivity index (χ0v) is 10.2. The molecule has 0 amide bonds. The van der Waals surface area contributed by atoms with Gasteiger partial charge in [0, 0.05) is 0 Å². The summed E-state index contributed by atoms with van der Waals surface area (Å²) in [6, 6.07) is 16.7. The van der Waals surface area contributed by atoms with Crippen LogP contribution < -0.4 is 5.73 Å². The number of benzene rings is 2. The van der Waals surface area contributed by atoms with Crippen LogP contribution in [0.5, 0.6) is 0 Å². The van der Waals surface area contributed by atoms with E-state index in [2.05, 4.69) is 0 Å². The SMILES string of the molecule is COC(=O)C(N)c1ccccc1-c1ccccc1. The molecule has 2 N–H and O–H groups in total. The van der Waals surface area contributed by atoms with Crippen molar-refractivity contribution < 1.29 is 9.53 Å². The molecule has 1 atom stereocenters. The molecule has 92 valence electrons. The Morgan fingerprint density at radius 2 is 1.67 bits per heavy atom. The number of methoxy groups -OCH3 is 1. The van der Waals surface area contributed by atoms with Gasteiger partial charge in [-0.25, -0.2) is 0 Å². The first-order valence-electron chi connectivity index (χ1n) is 5.72. The van der Waals surface area contributed by atoms with E-state index in [4.69, 9.17) is 10.5 Å². The summed E-state index contributed by atoms with van der Waals surface area (Å²) in [7, 11) is 1.34. The standard InChI is InChI=1S/C15H15NO2/c1-18-15(17)14(16)13-10-6-5-9-12(13)11-7-3-2-4-8-11/h2-10,14H,16H2,1H3. The van der Waals surface area contributed by atoms with Crippen LogP contribution >= 0.6 is 0 Å². The van der Waals surface area contributed by atoms with Crippen LogP contribution in [0, 0.1) is 0 Å². The number of carbonyl (C=O) groups is 1. The molecule has 0 saturated heterocycles. The Kier molecular flexibility index (Phi) is 3.75. The van der Waals surface area contributed by atoms with Crippen molar-refractivity contribution in [1.82, 2.24) is 0 Å². The third kappa shape index (κ3) is 2.41. The van der Waals surface area contributed by atoms with E-state index in [1.54, 1.807) is 0 Å². The monoisotopic (exact) mass is 241 g/mol. The van der Waals surface area contributed by atoms with E-state index >= 15 is 0 Å². The van der Waals surface area contributed by atoms with E-state index in [1.807, 2.05) is 54.6 Å². The summed E-state index contributed by atoms with van der Waals surface area (Å²) in [4.78, 5) is 11.5. The molecule has 18 heavy (non-hydrogen) atoms. The van der Waals surface area contributed by atoms with Crippen LogP contribution in [0.2, 0.25) is 0 Å². The van der Waals surface area contributed by atoms with Crippen molar-refractivity contribution >= 4 is 5.97 Å². The highest BCUT2D eigenvalue weighted by molar-refractivity contribution is 5.81. The van der Waals surface area contributed by atoms with Crippen molar-refractivity contribution in [2.75, 3.05) is 7.11 Å². The third-order valence-electron chi connectivity index (χ3n) is 2.84. The van der Waals surface area contributed by atoms with Crippen molar-refractivity contribution in [2.24, 2.45) is 5.73 Å². The van der Waals surface area contributed by atoms with Gasteiger partial charge >= 0.3 is 5.97 Å². The molecule has 2 rings (SSSR count). The van der Waals surface area contributed by atoms with Gasteiger partial charge in [-0.15, -0.1) is 0 Å². The van der Waals surface area contributed by atoms with Crippen molar-refractivity contribution in [3.05, 3.63) is 60.2 Å². The quantitative estimate of drug-likeness (QED) is 0.840. The van der Waals surface area contributed by atoms with Crippen molar-refractivity contribution in [1.29, 1.82) is 0 Å². The van der Waals surface area contributed by atoms with E-state index in [1.165, 1.54) is 7.11 Å². The fourth-order valence-corrected chi connectivity index (χ4v) is 1.90. The van der Waals surface area contributed by atoms with Gasteiger partial charge in [0.25, 0.3) is 0 Å². The molecule has 2 aromatic rings. The van der Waals surface area contributed by atoms with Crippen LogP contribution in [-0.4, -0.2) is 13.1 Å². The van der Waals surface area contributed by atoms with Crippen LogP contribution in [0.25, 0.3) is 11.1 Å². The molecule has 0 aliphatic heterocycles. The van der Waals surface area contributed by atoms with Crippen LogP contribution in [0.1, 0.15) is 11.6 Å². The normalized spacial score (nSPS) is 11.9. The van der Waals surface area contributed by atoms with Gasteiger partial charge in [0.1, 0.15) is 6.04 Å². The highest BCUT2D eigenvalue weighted by atomic mass is 16.5. The number of ether oxygens (including phenoxy) is 1. The molecule has 0 aromatic heterocycles. The Labute approximate surface area is 106 Å². The molecule has 0 saturated carbocycles. The molecule has 2 aromatic carbocycles. The molecule has 3 nitrogen and oxygen atoms in total. The molecule has 0 radical (unpaired) electrons. The lowest BCUT2D eigenvalue weighted by Gasteiger charge is -2.14. The van der Waals surface area contributed by atoms with Crippen LogP contribution in [0.4, 0.5) is 0 Å². The Morgan fingerprint density at radius 1 is 1.06 bits per heavy atom. The number of nitrogens with two attached hydrogens (primary N) is 1. The van der Waals surface area contributed by atoms with Gasteiger partial charge in [-0.1, -0.05) is 54.6 Å². The van der Waals surface area contributed by atoms with Crippen LogP contribution in [-0.2, 0) is 9.53 Å². The van der Waals surface area contributed by atoms with Gasteiger partial charge < -0.3 is 10.5 Å². The largest absolute Gasteiger partial charge is 0.468 e. The van der Waals surface area contributed by atoms with Gasteiger partial charge in [-0.2, -0.15) is 0 Å². The minimum absolute atomic E-state index is 0.432. The molecule has 0 aliphatic rings. The number of hydrogen-bond donors (Lipinski definition) is 1. The highest BCUT2D eigenvalue weighted by Crippen LogP contribution is 2.27. The Bertz CT molecular complexity index is 537. The first-order valence-corrected chi connectivity index (χ1v) is 5.72. The van der Waals surface area contributed by atoms with E-state index in [9.17, 15) is 4.79 Å². The summed E-state index contributed by atoms with van der Waals surface area (Å²) >= 11 is 0. The van der Waals surface area contributed by atoms with E-state index < -0.39 is 12.0 Å². The summed E-state index contributed by atoms with van der Waals surface area (Å²) in [5.74, 6) is -0.432. The van der Waals surface area contributed by atoms with Gasteiger partial charge in [0.2, 0.25) is 0 Å². The second-order valence-corrected chi connectivity index (χ2v) is 3.95. The molecular weight excluding hydrogens is 226 g/mol. The molecule has 0 fully saturated rings. The fraction of sp³-hybridized carbons (Fsp3) is 0.133. The summed E-state index contributed by atoms with van der Waals surface area (Å²) in [5.41, 5.74) is 8.68. The lowest BCUT2D eigenvalue weighted by atomic mass is 9.95. The van der Waals surface area contributed by atoms with Gasteiger partial charge in [-0.3, -0.25) is 4.79 Å². The zero-order chi connectivity index (χ0) is 13.0. The maximum atomic E-state index is 11.5. The average molecular weight is 241 g/mol. The first-order chi connectivity index (χ1) is 8.74. The third-order valence-corrected chi connectivity index (χ3v) is 2.84. The van der Waals surface area contributed by atoms with Crippen molar-refractivity contribution in [3.8, 4) is 11.1 Å². The van der Waals surface area contributed by atoms with E-state index in [0.29, 0.717) is 0 Å². The molecule has 0 bridgehead atoms. The maximum absolute atomic E-state index is 11.5. The number of esters is 1. The summed E-state index contributed by atoms with van der Waals surface area (Å²) < 4.78 is 4.69. The Hall–Kier alpha value is -2.13. The molecule has 1 unspecified atom stereocenters. The van der Waals surface area contributed by atoms with Crippen LogP contribution in [0.3, 0.4) is 0 Å². The Morgan fingerprint density at radius 3 is 2.33 bits per heavy atom. The molecule has 0 heterocycles. The second-order valence-electron chi connectivity index (χ2n) is 3.95. The summed E-state index contributed by atoms with van der Waals surface area (Å²) in [5, 5.41) is 0. The predicted octanol–water partition coefficient (Wildman–Crippen LogP) is 2.53. The van der Waals surface area contributed by atoms with Crippen molar-refractivity contribution in [2.45, 2.75) is 6.04 Å². The summed E-state index contributed by atoms with van der Waals surface area (Å²) in [6.45, 7) is 0. The highest BCUT2D eigenvalue weighted by Gasteiger charge is 2.19. The topological polar surface area (TPSA) is 52.3 Å². The average Bonchev–Trinajstić information content (AvgIpc) is 2.46. The lowest BCUT2D eigenvalue weighted by molar-refractivity contribution is -0.142. The minimum atomic E-state index is -0.758. The second kappa shape index (κ2) is 5.47. The molecular formula is C15H15NO2. The molecule has 3 heteroatoms. The fourth-order valence-electron chi connectivity index (χ4n) is 1.90. The van der Waals surface area contributed by atoms with E-state index in [0.717, 1.165) is 16.7 Å². The molecule has 0 spiro atoms. The minimum Gasteiger partial charge on any atom is -0.468 e. The van der Waals surface area contributed by atoms with Crippen LogP contribution in [0.15, 0.2) is 54.6 Å². The zero-order valence-electron chi connectivity index (χ0n) is 10.2. The number of hydrogen-bond acceptors (Lipinski definition) is 3. The number of rotatable bonds is 3. The molecule has 0 aliphatic carbocycles. The van der Waals surface area contributed by atoms with Crippen molar-refractivity contribution in [3.63, 3.8) is 0 Å². The van der Waals surface area contributed by atoms with E-state index in [-0.39, 0.29) is 0 Å².